The summed E-state index contributed by atoms with van der Waals surface area (Å²) in [5.41, 5.74) is 6.98. The Kier molecular flexibility index (Phi) is 4.32. The molecule has 1 atom stereocenters. The van der Waals surface area contributed by atoms with Gasteiger partial charge >= 0.3 is 0 Å². The van der Waals surface area contributed by atoms with Crippen molar-refractivity contribution >= 4 is 27.3 Å². The van der Waals surface area contributed by atoms with Gasteiger partial charge in [-0.3, -0.25) is 4.90 Å². The van der Waals surface area contributed by atoms with Gasteiger partial charge in [0.15, 0.2) is 0 Å². The van der Waals surface area contributed by atoms with Crippen molar-refractivity contribution < 1.29 is 0 Å². The Bertz CT molecular complexity index is 420. The molecule has 106 valence electrons. The molecule has 1 saturated heterocycles. The van der Waals surface area contributed by atoms with Gasteiger partial charge in [-0.25, -0.2) is 0 Å². The Morgan fingerprint density at radius 2 is 1.95 bits per heavy atom. The Hall–Kier alpha value is 0.1000. The van der Waals surface area contributed by atoms with E-state index in [4.69, 9.17) is 5.73 Å². The summed E-state index contributed by atoms with van der Waals surface area (Å²) in [7, 11) is 0. The second kappa shape index (κ2) is 5.84. The highest BCUT2D eigenvalue weighted by atomic mass is 79.9. The van der Waals surface area contributed by atoms with Gasteiger partial charge in [-0.05, 0) is 67.2 Å². The number of nitrogens with zero attached hydrogens (tertiary/aromatic N) is 1. The second-order valence-electron chi connectivity index (χ2n) is 6.05. The van der Waals surface area contributed by atoms with Crippen LogP contribution in [-0.2, 0) is 6.42 Å². The van der Waals surface area contributed by atoms with Crippen molar-refractivity contribution in [3.8, 4) is 0 Å². The van der Waals surface area contributed by atoms with Crippen LogP contribution in [0.15, 0.2) is 15.9 Å². The summed E-state index contributed by atoms with van der Waals surface area (Å²) in [6, 6.07) is 2.52. The van der Waals surface area contributed by atoms with E-state index in [2.05, 4.69) is 32.3 Å². The molecule has 2 heterocycles. The van der Waals surface area contributed by atoms with Crippen molar-refractivity contribution in [3.63, 3.8) is 0 Å². The summed E-state index contributed by atoms with van der Waals surface area (Å²) >= 11 is 5.38. The lowest BCUT2D eigenvalue weighted by atomic mass is 9.84. The molecule has 1 aromatic rings. The Balaban J connectivity index is 1.75. The van der Waals surface area contributed by atoms with E-state index >= 15 is 0 Å². The zero-order valence-electron chi connectivity index (χ0n) is 11.4. The Labute approximate surface area is 128 Å². The van der Waals surface area contributed by atoms with Crippen LogP contribution in [0.4, 0.5) is 0 Å². The average molecular weight is 343 g/mol. The molecule has 1 aliphatic carbocycles. The summed E-state index contributed by atoms with van der Waals surface area (Å²) in [5, 5.41) is 2.17. The second-order valence-corrected chi connectivity index (χ2v) is 7.96. The van der Waals surface area contributed by atoms with Gasteiger partial charge in [0, 0.05) is 26.3 Å². The van der Waals surface area contributed by atoms with Crippen LogP contribution in [0.2, 0.25) is 0 Å². The molecule has 0 aromatic carbocycles. The average Bonchev–Trinajstić information content (AvgIpc) is 3.09. The highest BCUT2D eigenvalue weighted by Gasteiger charge is 2.45. The quantitative estimate of drug-likeness (QED) is 0.901. The predicted octanol–water partition coefficient (Wildman–Crippen LogP) is 3.79. The molecule has 1 aliphatic heterocycles. The smallest absolute Gasteiger partial charge is 0.0363 e. The van der Waals surface area contributed by atoms with E-state index in [-0.39, 0.29) is 0 Å². The first-order valence-electron chi connectivity index (χ1n) is 7.44. The van der Waals surface area contributed by atoms with E-state index in [1.54, 1.807) is 0 Å². The minimum atomic E-state index is 0.290. The number of thiophene rings is 1. The van der Waals surface area contributed by atoms with Gasteiger partial charge in [-0.15, -0.1) is 11.3 Å². The molecule has 1 saturated carbocycles. The highest BCUT2D eigenvalue weighted by Crippen LogP contribution is 2.40. The lowest BCUT2D eigenvalue weighted by Gasteiger charge is -2.43. The summed E-state index contributed by atoms with van der Waals surface area (Å²) in [4.78, 5) is 4.14. The minimum absolute atomic E-state index is 0.290. The summed E-state index contributed by atoms with van der Waals surface area (Å²) in [6.45, 7) is 2.53. The fourth-order valence-electron chi connectivity index (χ4n) is 3.94. The molecular formula is C15H23BrN2S. The zero-order chi connectivity index (χ0) is 13.3. The maximum atomic E-state index is 6.68. The van der Waals surface area contributed by atoms with Gasteiger partial charge in [0.05, 0.1) is 0 Å². The molecule has 2 nitrogen and oxygen atoms in total. The Morgan fingerprint density at radius 3 is 2.53 bits per heavy atom. The lowest BCUT2D eigenvalue weighted by molar-refractivity contribution is 0.0924. The zero-order valence-corrected chi connectivity index (χ0v) is 13.8. The molecule has 0 spiro atoms. The number of hydrogen-bond acceptors (Lipinski definition) is 3. The van der Waals surface area contributed by atoms with Gasteiger partial charge in [0.1, 0.15) is 0 Å². The third-order valence-electron chi connectivity index (χ3n) is 4.94. The normalized spacial score (nSPS) is 24.9. The van der Waals surface area contributed by atoms with Crippen LogP contribution in [-0.4, -0.2) is 29.6 Å². The monoisotopic (exact) mass is 342 g/mol. The maximum Gasteiger partial charge on any atom is 0.0363 e. The molecule has 4 heteroatoms. The molecule has 2 fully saturated rings. The molecule has 0 radical (unpaired) electrons. The fourth-order valence-corrected chi connectivity index (χ4v) is 5.45. The van der Waals surface area contributed by atoms with E-state index in [9.17, 15) is 0 Å². The first-order valence-corrected chi connectivity index (χ1v) is 9.11. The first kappa shape index (κ1) is 14.1. The predicted molar refractivity (Wildman–Crippen MR) is 85.7 cm³/mol. The van der Waals surface area contributed by atoms with Crippen LogP contribution in [0.3, 0.4) is 0 Å². The van der Waals surface area contributed by atoms with Crippen molar-refractivity contribution in [2.24, 2.45) is 5.73 Å². The van der Waals surface area contributed by atoms with Crippen LogP contribution in [0.5, 0.6) is 0 Å². The number of hydrogen-bond donors (Lipinski definition) is 1. The van der Waals surface area contributed by atoms with Crippen molar-refractivity contribution in [2.75, 3.05) is 13.1 Å². The topological polar surface area (TPSA) is 29.3 Å². The van der Waals surface area contributed by atoms with Crippen molar-refractivity contribution in [3.05, 3.63) is 20.8 Å². The lowest BCUT2D eigenvalue weighted by Crippen LogP contribution is -2.58. The van der Waals surface area contributed by atoms with Crippen LogP contribution >= 0.6 is 27.3 Å². The van der Waals surface area contributed by atoms with E-state index < -0.39 is 0 Å². The highest BCUT2D eigenvalue weighted by molar-refractivity contribution is 9.10. The first-order chi connectivity index (χ1) is 9.21. The van der Waals surface area contributed by atoms with Gasteiger partial charge in [0.25, 0.3) is 0 Å². The van der Waals surface area contributed by atoms with Crippen molar-refractivity contribution in [2.45, 2.75) is 56.5 Å². The van der Waals surface area contributed by atoms with Gasteiger partial charge in [-0.2, -0.15) is 0 Å². The largest absolute Gasteiger partial charge is 0.326 e. The maximum absolute atomic E-state index is 6.68. The molecule has 1 unspecified atom stereocenters. The molecule has 0 bridgehead atoms. The van der Waals surface area contributed by atoms with Gasteiger partial charge < -0.3 is 5.73 Å². The van der Waals surface area contributed by atoms with E-state index in [0.29, 0.717) is 11.6 Å². The summed E-state index contributed by atoms with van der Waals surface area (Å²) in [5.74, 6) is 0. The van der Waals surface area contributed by atoms with E-state index in [0.717, 1.165) is 6.42 Å². The third kappa shape index (κ3) is 2.78. The Morgan fingerprint density at radius 1 is 1.26 bits per heavy atom. The van der Waals surface area contributed by atoms with Crippen LogP contribution in [0, 0.1) is 0 Å². The van der Waals surface area contributed by atoms with E-state index in [1.165, 1.54) is 61.0 Å². The van der Waals surface area contributed by atoms with Gasteiger partial charge in [-0.1, -0.05) is 12.8 Å². The molecular weight excluding hydrogens is 320 g/mol. The van der Waals surface area contributed by atoms with Crippen LogP contribution < -0.4 is 5.73 Å². The van der Waals surface area contributed by atoms with Crippen molar-refractivity contribution in [1.29, 1.82) is 0 Å². The number of halogens is 1. The van der Waals surface area contributed by atoms with Gasteiger partial charge in [0.2, 0.25) is 0 Å². The number of nitrogens with two attached hydrogens (primary N) is 1. The molecule has 19 heavy (non-hydrogen) atoms. The molecule has 1 aromatic heterocycles. The van der Waals surface area contributed by atoms with Crippen LogP contribution in [0.1, 0.15) is 43.4 Å². The fraction of sp³-hybridized carbons (Fsp3) is 0.733. The third-order valence-corrected chi connectivity index (χ3v) is 6.66. The standard InChI is InChI=1S/C15H23BrN2S/c16-12-9-13(19-11-12)10-14(17)15(5-1-2-6-15)18-7-3-4-8-18/h9,11,14H,1-8,10,17H2. The minimum Gasteiger partial charge on any atom is -0.326 e. The molecule has 0 amide bonds. The molecule has 2 N–H and O–H groups in total. The summed E-state index contributed by atoms with van der Waals surface area (Å²) in [6.07, 6.45) is 9.09. The van der Waals surface area contributed by atoms with E-state index in [1.807, 2.05) is 11.3 Å². The number of rotatable bonds is 4. The molecule has 2 aliphatic rings. The van der Waals surface area contributed by atoms with Crippen molar-refractivity contribution in [1.82, 2.24) is 4.90 Å². The number of likely N-dealkylation sites (tertiary alicyclic amines) is 1. The summed E-state index contributed by atoms with van der Waals surface area (Å²) < 4.78 is 1.20. The molecule has 3 rings (SSSR count). The van der Waals surface area contributed by atoms with Crippen LogP contribution in [0.25, 0.3) is 0 Å². The SMILES string of the molecule is NC(Cc1cc(Br)cs1)C1(N2CCCC2)CCCC1.